The van der Waals surface area contributed by atoms with Crippen LogP contribution in [0.5, 0.6) is 5.88 Å². The van der Waals surface area contributed by atoms with Crippen molar-refractivity contribution in [2.45, 2.75) is 50.8 Å². The lowest BCUT2D eigenvalue weighted by molar-refractivity contribution is 0.114. The van der Waals surface area contributed by atoms with Crippen LogP contribution in [-0.2, 0) is 6.54 Å². The lowest BCUT2D eigenvalue weighted by Crippen LogP contribution is -2.25. The normalized spacial score (nSPS) is 20.5. The Balaban J connectivity index is 1.57. The molecule has 86 valence electrons. The molecule has 0 saturated heterocycles. The molecule has 1 heterocycles. The molecule has 16 heavy (non-hydrogen) atoms. The van der Waals surface area contributed by atoms with Gasteiger partial charge in [-0.05, 0) is 32.1 Å². The monoisotopic (exact) mass is 219 g/mol. The average Bonchev–Trinajstić information content (AvgIpc) is 3.05. The first kappa shape index (κ1) is 10.0. The van der Waals surface area contributed by atoms with Crippen LogP contribution >= 0.6 is 0 Å². The van der Waals surface area contributed by atoms with E-state index in [1.165, 1.54) is 19.3 Å². The Morgan fingerprint density at radius 2 is 2.12 bits per heavy atom. The largest absolute Gasteiger partial charge is 0.473 e. The van der Waals surface area contributed by atoms with Crippen molar-refractivity contribution in [1.29, 1.82) is 0 Å². The molecule has 0 radical (unpaired) electrons. The van der Waals surface area contributed by atoms with Gasteiger partial charge in [-0.3, -0.25) is 4.98 Å². The summed E-state index contributed by atoms with van der Waals surface area (Å²) in [5, 5.41) is 3.42. The first-order valence-corrected chi connectivity index (χ1v) is 6.11. The quantitative estimate of drug-likeness (QED) is 0.818. The molecule has 0 spiro atoms. The van der Waals surface area contributed by atoms with Crippen LogP contribution < -0.4 is 10.1 Å². The summed E-state index contributed by atoms with van der Waals surface area (Å²) in [5.41, 5.74) is 0.976. The fraction of sp³-hybridized carbons (Fsp3) is 0.667. The minimum absolute atomic E-state index is 0.376. The Labute approximate surface area is 95.4 Å². The zero-order valence-electron chi connectivity index (χ0n) is 9.35. The van der Waals surface area contributed by atoms with Gasteiger partial charge in [0.25, 0.3) is 0 Å². The number of ether oxygens (including phenoxy) is 1. The van der Waals surface area contributed by atoms with E-state index in [9.17, 15) is 0 Å². The maximum Gasteiger partial charge on any atom is 0.232 e. The molecule has 0 aliphatic heterocycles. The number of hydrogen-bond donors (Lipinski definition) is 1. The minimum atomic E-state index is 0.376. The molecule has 1 aromatic heterocycles. The van der Waals surface area contributed by atoms with Crippen LogP contribution in [0.15, 0.2) is 12.4 Å². The van der Waals surface area contributed by atoms with Gasteiger partial charge in [-0.1, -0.05) is 0 Å². The Hall–Kier alpha value is -1.16. The van der Waals surface area contributed by atoms with Crippen molar-refractivity contribution in [3.05, 3.63) is 18.1 Å². The standard InChI is InChI=1S/C12H17N3O/c1-2-11(3-1)16-12-8-13-6-10(15-12)7-14-9-4-5-9/h6,8-9,11,14H,1-5,7H2. The lowest BCUT2D eigenvalue weighted by atomic mass is 9.96. The second-order valence-corrected chi connectivity index (χ2v) is 4.67. The second kappa shape index (κ2) is 4.37. The molecule has 0 unspecified atom stereocenters. The van der Waals surface area contributed by atoms with Crippen LogP contribution in [0.4, 0.5) is 0 Å². The van der Waals surface area contributed by atoms with Crippen molar-refractivity contribution in [2.24, 2.45) is 0 Å². The fourth-order valence-corrected chi connectivity index (χ4v) is 1.72. The fourth-order valence-electron chi connectivity index (χ4n) is 1.72. The molecule has 4 heteroatoms. The zero-order valence-corrected chi connectivity index (χ0v) is 9.35. The molecule has 2 saturated carbocycles. The van der Waals surface area contributed by atoms with Crippen molar-refractivity contribution < 1.29 is 4.74 Å². The molecule has 2 fully saturated rings. The van der Waals surface area contributed by atoms with E-state index in [1.807, 2.05) is 6.20 Å². The summed E-state index contributed by atoms with van der Waals surface area (Å²) in [5.74, 6) is 0.680. The molecule has 4 nitrogen and oxygen atoms in total. The summed E-state index contributed by atoms with van der Waals surface area (Å²) >= 11 is 0. The van der Waals surface area contributed by atoms with Crippen LogP contribution in [0.3, 0.4) is 0 Å². The van der Waals surface area contributed by atoms with E-state index >= 15 is 0 Å². The SMILES string of the molecule is c1ncc(OC2CCC2)nc1CNC1CC1. The molecule has 1 N–H and O–H groups in total. The summed E-state index contributed by atoms with van der Waals surface area (Å²) in [7, 11) is 0. The number of aromatic nitrogens is 2. The van der Waals surface area contributed by atoms with Gasteiger partial charge in [0.15, 0.2) is 0 Å². The molecular formula is C12H17N3O. The Bertz CT molecular complexity index is 361. The summed E-state index contributed by atoms with van der Waals surface area (Å²) in [6.45, 7) is 0.805. The number of hydrogen-bond acceptors (Lipinski definition) is 4. The van der Waals surface area contributed by atoms with E-state index in [0.29, 0.717) is 18.0 Å². The lowest BCUT2D eigenvalue weighted by Gasteiger charge is -2.25. The van der Waals surface area contributed by atoms with Crippen molar-refractivity contribution >= 4 is 0 Å². The third-order valence-corrected chi connectivity index (χ3v) is 3.15. The maximum atomic E-state index is 5.71. The van der Waals surface area contributed by atoms with Crippen molar-refractivity contribution in [2.75, 3.05) is 0 Å². The van der Waals surface area contributed by atoms with Crippen molar-refractivity contribution in [3.63, 3.8) is 0 Å². The minimum Gasteiger partial charge on any atom is -0.473 e. The first-order chi connectivity index (χ1) is 7.90. The van der Waals surface area contributed by atoms with Gasteiger partial charge in [-0.25, -0.2) is 4.98 Å². The Kier molecular flexibility index (Phi) is 2.74. The highest BCUT2D eigenvalue weighted by atomic mass is 16.5. The molecular weight excluding hydrogens is 202 g/mol. The Morgan fingerprint density at radius 1 is 1.25 bits per heavy atom. The highest BCUT2D eigenvalue weighted by molar-refractivity contribution is 5.09. The van der Waals surface area contributed by atoms with Crippen molar-refractivity contribution in [3.8, 4) is 5.88 Å². The molecule has 2 aliphatic carbocycles. The van der Waals surface area contributed by atoms with E-state index < -0.39 is 0 Å². The van der Waals surface area contributed by atoms with Gasteiger partial charge in [0.05, 0.1) is 11.9 Å². The smallest absolute Gasteiger partial charge is 0.232 e. The predicted octanol–water partition coefficient (Wildman–Crippen LogP) is 1.66. The first-order valence-electron chi connectivity index (χ1n) is 6.11. The van der Waals surface area contributed by atoms with Gasteiger partial charge >= 0.3 is 0 Å². The van der Waals surface area contributed by atoms with Crippen LogP contribution in [0.2, 0.25) is 0 Å². The zero-order chi connectivity index (χ0) is 10.8. The average molecular weight is 219 g/mol. The van der Waals surface area contributed by atoms with Crippen LogP contribution in [0.1, 0.15) is 37.8 Å². The number of nitrogens with one attached hydrogen (secondary N) is 1. The van der Waals surface area contributed by atoms with E-state index in [0.717, 1.165) is 25.1 Å². The number of nitrogens with zero attached hydrogens (tertiary/aromatic N) is 2. The van der Waals surface area contributed by atoms with Crippen molar-refractivity contribution in [1.82, 2.24) is 15.3 Å². The predicted molar refractivity (Wildman–Crippen MR) is 60.2 cm³/mol. The molecule has 2 aliphatic rings. The summed E-state index contributed by atoms with van der Waals surface area (Å²) in [4.78, 5) is 8.61. The summed E-state index contributed by atoms with van der Waals surface area (Å²) in [6.07, 6.45) is 10.1. The number of rotatable bonds is 5. The van der Waals surface area contributed by atoms with Gasteiger partial charge < -0.3 is 10.1 Å². The Morgan fingerprint density at radius 3 is 2.81 bits per heavy atom. The molecule has 1 aromatic rings. The topological polar surface area (TPSA) is 47.0 Å². The van der Waals surface area contributed by atoms with E-state index in [1.54, 1.807) is 6.20 Å². The highest BCUT2D eigenvalue weighted by Crippen LogP contribution is 2.23. The van der Waals surface area contributed by atoms with Gasteiger partial charge in [0.2, 0.25) is 5.88 Å². The second-order valence-electron chi connectivity index (χ2n) is 4.67. The maximum absolute atomic E-state index is 5.71. The van der Waals surface area contributed by atoms with Crippen LogP contribution in [-0.4, -0.2) is 22.1 Å². The van der Waals surface area contributed by atoms with Gasteiger partial charge in [-0.15, -0.1) is 0 Å². The third-order valence-electron chi connectivity index (χ3n) is 3.15. The van der Waals surface area contributed by atoms with E-state index in [-0.39, 0.29) is 0 Å². The molecule has 0 aromatic carbocycles. The molecule has 0 bridgehead atoms. The third kappa shape index (κ3) is 2.50. The van der Waals surface area contributed by atoms with Crippen LogP contribution in [0, 0.1) is 0 Å². The van der Waals surface area contributed by atoms with Crippen LogP contribution in [0.25, 0.3) is 0 Å². The summed E-state index contributed by atoms with van der Waals surface area (Å²) < 4.78 is 5.71. The highest BCUT2D eigenvalue weighted by Gasteiger charge is 2.21. The molecule has 0 amide bonds. The molecule has 0 atom stereocenters. The van der Waals surface area contributed by atoms with Gasteiger partial charge in [0.1, 0.15) is 6.10 Å². The van der Waals surface area contributed by atoms with Gasteiger partial charge in [-0.2, -0.15) is 0 Å². The summed E-state index contributed by atoms with van der Waals surface area (Å²) in [6, 6.07) is 0.706. The van der Waals surface area contributed by atoms with E-state index in [2.05, 4.69) is 15.3 Å². The van der Waals surface area contributed by atoms with Gasteiger partial charge in [0, 0.05) is 18.8 Å². The molecule has 3 rings (SSSR count). The van der Waals surface area contributed by atoms with E-state index in [4.69, 9.17) is 4.74 Å².